The van der Waals surface area contributed by atoms with Crippen LogP contribution in [-0.2, 0) is 16.4 Å². The van der Waals surface area contributed by atoms with Crippen LogP contribution in [0.3, 0.4) is 0 Å². The zero-order chi connectivity index (χ0) is 56.9. The zero-order valence-electron chi connectivity index (χ0n) is 51.9. The summed E-state index contributed by atoms with van der Waals surface area (Å²) >= 11 is 0. The largest absolute Gasteiger partial charge is 0.385 e. The summed E-state index contributed by atoms with van der Waals surface area (Å²) in [6.45, 7) is 34.9. The third-order valence-electron chi connectivity index (χ3n) is 16.9. The second-order valence-electron chi connectivity index (χ2n) is 25.5. The molecule has 7 rings (SSSR count). The predicted molar refractivity (Wildman–Crippen MR) is 348 cm³/mol. The highest BCUT2D eigenvalue weighted by Gasteiger charge is 2.48. The van der Waals surface area contributed by atoms with Gasteiger partial charge in [-0.25, -0.2) is 0 Å². The Morgan fingerprint density at radius 3 is 1.15 bits per heavy atom. The molecule has 0 aromatic heterocycles. The number of nitrogens with two attached hydrogens (primary N) is 1. The molecule has 0 aliphatic heterocycles. The van der Waals surface area contributed by atoms with Gasteiger partial charge in [0.15, 0.2) is 0 Å². The number of benzene rings is 6. The van der Waals surface area contributed by atoms with Crippen LogP contribution >= 0.6 is 0 Å². The molecule has 0 bridgehead atoms. The molecule has 6 nitrogen and oxygen atoms in total. The number of hydrogen-bond donors (Lipinski definition) is 4. The average molecular weight is 1070 g/mol. The molecule has 1 atom stereocenters. The van der Waals surface area contributed by atoms with E-state index < -0.39 is 5.54 Å². The summed E-state index contributed by atoms with van der Waals surface area (Å²) in [6.07, 6.45) is 19.0. The lowest BCUT2D eigenvalue weighted by atomic mass is 9.78. The molecule has 0 spiro atoms. The lowest BCUT2D eigenvalue weighted by Gasteiger charge is -2.40. The highest BCUT2D eigenvalue weighted by atomic mass is 15.2. The van der Waals surface area contributed by atoms with Gasteiger partial charge in [-0.2, -0.15) is 0 Å². The van der Waals surface area contributed by atoms with Crippen LogP contribution in [-0.4, -0.2) is 25.7 Å². The summed E-state index contributed by atoms with van der Waals surface area (Å²) in [5.41, 5.74) is 29.6. The highest BCUT2D eigenvalue weighted by molar-refractivity contribution is 5.90. The van der Waals surface area contributed by atoms with Crippen molar-refractivity contribution in [2.24, 2.45) is 5.73 Å². The Labute approximate surface area is 481 Å². The van der Waals surface area contributed by atoms with E-state index in [-0.39, 0.29) is 16.9 Å². The Balaban J connectivity index is 1.47. The van der Waals surface area contributed by atoms with E-state index in [9.17, 15) is 0 Å². The molecule has 6 aromatic carbocycles. The minimum atomic E-state index is -0.664. The molecule has 0 saturated carbocycles. The first kappa shape index (κ1) is 61.1. The highest BCUT2D eigenvalue weighted by Crippen LogP contribution is 2.54. The number of hydrogen-bond acceptors (Lipinski definition) is 6. The molecule has 0 heterocycles. The lowest BCUT2D eigenvalue weighted by molar-refractivity contribution is 0.310. The van der Waals surface area contributed by atoms with Gasteiger partial charge in [-0.1, -0.05) is 183 Å². The van der Waals surface area contributed by atoms with Gasteiger partial charge in [0.25, 0.3) is 0 Å². The summed E-state index contributed by atoms with van der Waals surface area (Å²) in [4.78, 5) is 5.07. The van der Waals surface area contributed by atoms with Crippen LogP contribution in [0.25, 0.3) is 11.1 Å². The van der Waals surface area contributed by atoms with E-state index in [1.54, 1.807) is 0 Å². The second-order valence-corrected chi connectivity index (χ2v) is 25.5. The fourth-order valence-corrected chi connectivity index (χ4v) is 12.4. The summed E-state index contributed by atoms with van der Waals surface area (Å²) < 4.78 is 0. The molecule has 79 heavy (non-hydrogen) atoms. The maximum Gasteiger partial charge on any atom is 0.0857 e. The van der Waals surface area contributed by atoms with E-state index in [0.717, 1.165) is 87.3 Å². The zero-order valence-corrected chi connectivity index (χ0v) is 51.9. The molecule has 0 fully saturated rings. The SMILES string of the molecule is CCCCCCCCNC1(C(N)CCCCCCC)c2cc(N(c3ccc(C(C)(C)C)cc3)c3c(C)cc(NCCCC)cc3C)ccc2-c2ccc(N(c3ccc(C(C)(C)C)cc3)c3c(C)cc(NCCCC)cc3C)cc21. The van der Waals surface area contributed by atoms with Gasteiger partial charge in [0.1, 0.15) is 0 Å². The van der Waals surface area contributed by atoms with Crippen molar-refractivity contribution in [3.63, 3.8) is 0 Å². The van der Waals surface area contributed by atoms with E-state index in [1.807, 2.05) is 0 Å². The van der Waals surface area contributed by atoms with Crippen molar-refractivity contribution in [3.8, 4) is 11.1 Å². The molecule has 0 amide bonds. The van der Waals surface area contributed by atoms with E-state index >= 15 is 0 Å². The lowest BCUT2D eigenvalue weighted by Crippen LogP contribution is -2.55. The molecule has 1 aliphatic carbocycles. The van der Waals surface area contributed by atoms with Gasteiger partial charge in [0.05, 0.1) is 16.9 Å². The number of unbranched alkanes of at least 4 members (excludes halogenated alkanes) is 11. The summed E-state index contributed by atoms with van der Waals surface area (Å²) in [6, 6.07) is 42.6. The van der Waals surface area contributed by atoms with Crippen LogP contribution in [0.5, 0.6) is 0 Å². The van der Waals surface area contributed by atoms with Crippen molar-refractivity contribution in [1.82, 2.24) is 5.32 Å². The summed E-state index contributed by atoms with van der Waals surface area (Å²) in [7, 11) is 0. The van der Waals surface area contributed by atoms with Crippen LogP contribution in [0, 0.1) is 27.7 Å². The Kier molecular flexibility index (Phi) is 21.4. The number of aryl methyl sites for hydroxylation is 4. The Morgan fingerprint density at radius 2 is 0.772 bits per heavy atom. The number of nitrogens with zero attached hydrogens (tertiary/aromatic N) is 2. The summed E-state index contributed by atoms with van der Waals surface area (Å²) in [5, 5.41) is 11.9. The van der Waals surface area contributed by atoms with E-state index in [2.05, 4.69) is 232 Å². The standard InChI is InChI=1S/C73H104N6/c1-15-19-23-25-27-29-45-77-73(68(74)30-28-26-24-20-16-2)66-50-62(78(60-35-31-56(32-36-60)71(9,10)11)69-52(5)46-58(47-53(69)6)75-43-21-17-3)39-41-64(66)65-42-40-63(51-67(65)73)79(61-37-33-57(34-38-61)72(12,13)14)70-54(7)48-59(49-55(70)8)76-44-22-18-4/h31-42,46-51,68,75-77H,15-30,43-45,74H2,1-14H3. The van der Waals surface area contributed by atoms with E-state index in [1.165, 1.54) is 136 Å². The van der Waals surface area contributed by atoms with Crippen LogP contribution in [0.1, 0.15) is 216 Å². The maximum atomic E-state index is 8.08. The minimum Gasteiger partial charge on any atom is -0.385 e. The quantitative estimate of drug-likeness (QED) is 0.0351. The number of rotatable bonds is 29. The fraction of sp³-hybridized carbons (Fsp3) is 0.507. The van der Waals surface area contributed by atoms with Crippen molar-refractivity contribution < 1.29 is 0 Å². The Hall–Kier alpha value is -5.56. The van der Waals surface area contributed by atoms with E-state index in [4.69, 9.17) is 5.73 Å². The smallest absolute Gasteiger partial charge is 0.0857 e. The molecular formula is C73H104N6. The molecule has 6 heteroatoms. The van der Waals surface area contributed by atoms with Crippen LogP contribution in [0.2, 0.25) is 0 Å². The molecule has 0 saturated heterocycles. The Bertz CT molecular complexity index is 2660. The topological polar surface area (TPSA) is 68.6 Å². The van der Waals surface area contributed by atoms with Crippen molar-refractivity contribution in [2.45, 2.75) is 222 Å². The van der Waals surface area contributed by atoms with Crippen molar-refractivity contribution in [2.75, 3.05) is 40.1 Å². The van der Waals surface area contributed by atoms with Crippen molar-refractivity contribution in [3.05, 3.63) is 154 Å². The maximum absolute atomic E-state index is 8.08. The number of fused-ring (bicyclic) bond motifs is 3. The van der Waals surface area contributed by atoms with Crippen LogP contribution in [0.4, 0.5) is 45.5 Å². The fourth-order valence-electron chi connectivity index (χ4n) is 12.4. The first-order chi connectivity index (χ1) is 37.9. The minimum absolute atomic E-state index is 0.0326. The molecule has 6 aromatic rings. The second kappa shape index (κ2) is 27.7. The van der Waals surface area contributed by atoms with Crippen molar-refractivity contribution in [1.29, 1.82) is 0 Å². The van der Waals surface area contributed by atoms with Gasteiger partial charge in [0, 0.05) is 53.3 Å². The van der Waals surface area contributed by atoms with E-state index in [0.29, 0.717) is 0 Å². The first-order valence-corrected chi connectivity index (χ1v) is 31.2. The third-order valence-corrected chi connectivity index (χ3v) is 16.9. The molecule has 1 aliphatic rings. The Morgan fingerprint density at radius 1 is 0.418 bits per heavy atom. The molecule has 5 N–H and O–H groups in total. The van der Waals surface area contributed by atoms with Gasteiger partial charge < -0.3 is 31.5 Å². The normalized spacial score (nSPS) is 13.3. The van der Waals surface area contributed by atoms with Gasteiger partial charge in [-0.05, 0) is 199 Å². The monoisotopic (exact) mass is 1060 g/mol. The molecule has 426 valence electrons. The van der Waals surface area contributed by atoms with Crippen LogP contribution < -0.4 is 31.5 Å². The number of anilines is 8. The predicted octanol–water partition coefficient (Wildman–Crippen LogP) is 20.7. The van der Waals surface area contributed by atoms with Gasteiger partial charge in [-0.15, -0.1) is 0 Å². The molecular weight excluding hydrogens is 961 g/mol. The van der Waals surface area contributed by atoms with Gasteiger partial charge >= 0.3 is 0 Å². The summed E-state index contributed by atoms with van der Waals surface area (Å²) in [5.74, 6) is 0. The average Bonchev–Trinajstić information content (AvgIpc) is 3.98. The molecule has 0 radical (unpaired) electrons. The van der Waals surface area contributed by atoms with Gasteiger partial charge in [-0.3, -0.25) is 0 Å². The third kappa shape index (κ3) is 14.5. The van der Waals surface area contributed by atoms with Crippen LogP contribution in [0.15, 0.2) is 109 Å². The van der Waals surface area contributed by atoms with Gasteiger partial charge in [0.2, 0.25) is 0 Å². The molecule has 1 unspecified atom stereocenters. The van der Waals surface area contributed by atoms with Crippen molar-refractivity contribution >= 4 is 45.5 Å². The number of nitrogens with one attached hydrogen (secondary N) is 3. The first-order valence-electron chi connectivity index (χ1n) is 31.2.